The molecule has 0 unspecified atom stereocenters. The molecule has 104 valence electrons. The molecule has 1 saturated heterocycles. The van der Waals surface area contributed by atoms with Crippen molar-refractivity contribution >= 4 is 23.2 Å². The van der Waals surface area contributed by atoms with E-state index in [1.807, 2.05) is 12.1 Å². The first kappa shape index (κ1) is 14.3. The minimum atomic E-state index is 0.0428. The number of anilines is 1. The van der Waals surface area contributed by atoms with E-state index >= 15 is 0 Å². The monoisotopic (exact) mass is 281 g/mol. The second-order valence-electron chi connectivity index (χ2n) is 4.95. The predicted octanol–water partition coefficient (Wildman–Crippen LogP) is 1.92. The van der Waals surface area contributed by atoms with Crippen molar-refractivity contribution < 1.29 is 4.79 Å². The lowest BCUT2D eigenvalue weighted by Gasteiger charge is -2.32. The number of hydrogen-bond donors (Lipinski definition) is 1. The Hall–Kier alpha value is -1.10. The van der Waals surface area contributed by atoms with Crippen LogP contribution in [-0.2, 0) is 4.79 Å². The van der Waals surface area contributed by atoms with Gasteiger partial charge in [0.15, 0.2) is 0 Å². The van der Waals surface area contributed by atoms with Crippen molar-refractivity contribution in [2.24, 2.45) is 0 Å². The van der Waals surface area contributed by atoms with E-state index in [9.17, 15) is 4.79 Å². The number of nitrogens with zero attached hydrogens (tertiary/aromatic N) is 2. The Balaban J connectivity index is 1.73. The van der Waals surface area contributed by atoms with Crippen LogP contribution in [0.1, 0.15) is 6.42 Å². The van der Waals surface area contributed by atoms with Crippen LogP contribution in [0.5, 0.6) is 0 Å². The number of carbonyl (C=O) groups excluding carboxylic acids is 1. The average Bonchev–Trinajstić information content (AvgIpc) is 2.38. The fourth-order valence-electron chi connectivity index (χ4n) is 2.12. The Morgan fingerprint density at radius 3 is 2.74 bits per heavy atom. The molecule has 0 aliphatic carbocycles. The highest BCUT2D eigenvalue weighted by Crippen LogP contribution is 2.15. The highest BCUT2D eigenvalue weighted by atomic mass is 35.5. The van der Waals surface area contributed by atoms with Gasteiger partial charge in [-0.1, -0.05) is 17.7 Å². The molecule has 1 N–H and O–H groups in total. The molecule has 0 radical (unpaired) electrons. The summed E-state index contributed by atoms with van der Waals surface area (Å²) in [5, 5.41) is 3.51. The molecule has 1 aliphatic rings. The van der Waals surface area contributed by atoms with Crippen molar-refractivity contribution in [3.63, 3.8) is 0 Å². The minimum absolute atomic E-state index is 0.0428. The SMILES string of the molecule is CN1CCN(CCC(=O)Nc2cccc(Cl)c2)CC1. The Morgan fingerprint density at radius 1 is 1.32 bits per heavy atom. The van der Waals surface area contributed by atoms with Crippen molar-refractivity contribution in [3.05, 3.63) is 29.3 Å². The van der Waals surface area contributed by atoms with Gasteiger partial charge < -0.3 is 15.1 Å². The van der Waals surface area contributed by atoms with Crippen LogP contribution in [0.2, 0.25) is 5.02 Å². The van der Waals surface area contributed by atoms with E-state index in [0.717, 1.165) is 38.4 Å². The van der Waals surface area contributed by atoms with E-state index in [1.165, 1.54) is 0 Å². The molecular formula is C14H20ClN3O. The summed E-state index contributed by atoms with van der Waals surface area (Å²) in [6, 6.07) is 7.23. The lowest BCUT2D eigenvalue weighted by atomic mass is 10.2. The highest BCUT2D eigenvalue weighted by molar-refractivity contribution is 6.30. The third-order valence-electron chi connectivity index (χ3n) is 3.36. The molecule has 2 rings (SSSR count). The first-order valence-electron chi connectivity index (χ1n) is 6.60. The van der Waals surface area contributed by atoms with Gasteiger partial charge in [-0.15, -0.1) is 0 Å². The Labute approximate surface area is 119 Å². The molecule has 1 aliphatic heterocycles. The Bertz CT molecular complexity index is 430. The maximum absolute atomic E-state index is 11.8. The standard InChI is InChI=1S/C14H20ClN3O/c1-17-7-9-18(10-8-17)6-5-14(19)16-13-4-2-3-12(15)11-13/h2-4,11H,5-10H2,1H3,(H,16,19). The number of likely N-dealkylation sites (N-methyl/N-ethyl adjacent to an activating group) is 1. The molecule has 19 heavy (non-hydrogen) atoms. The minimum Gasteiger partial charge on any atom is -0.326 e. The number of amides is 1. The molecular weight excluding hydrogens is 262 g/mol. The molecule has 5 heteroatoms. The molecule has 1 aromatic rings. The summed E-state index contributed by atoms with van der Waals surface area (Å²) in [4.78, 5) is 16.5. The maximum Gasteiger partial charge on any atom is 0.225 e. The third-order valence-corrected chi connectivity index (χ3v) is 3.59. The van der Waals surface area contributed by atoms with E-state index in [0.29, 0.717) is 11.4 Å². The Morgan fingerprint density at radius 2 is 2.05 bits per heavy atom. The second kappa shape index (κ2) is 6.89. The normalized spacial score (nSPS) is 17.4. The van der Waals surface area contributed by atoms with Gasteiger partial charge in [0.2, 0.25) is 5.91 Å². The Kier molecular flexibility index (Phi) is 5.19. The summed E-state index contributed by atoms with van der Waals surface area (Å²) in [7, 11) is 2.13. The number of benzene rings is 1. The van der Waals surface area contributed by atoms with Gasteiger partial charge in [-0.2, -0.15) is 0 Å². The maximum atomic E-state index is 11.8. The lowest BCUT2D eigenvalue weighted by Crippen LogP contribution is -2.45. The number of rotatable bonds is 4. The first-order valence-corrected chi connectivity index (χ1v) is 6.97. The van der Waals surface area contributed by atoms with Crippen molar-refractivity contribution in [3.8, 4) is 0 Å². The number of piperazine rings is 1. The molecule has 0 spiro atoms. The van der Waals surface area contributed by atoms with Gasteiger partial charge >= 0.3 is 0 Å². The zero-order chi connectivity index (χ0) is 13.7. The van der Waals surface area contributed by atoms with E-state index in [2.05, 4.69) is 22.2 Å². The molecule has 1 amide bonds. The summed E-state index contributed by atoms with van der Waals surface area (Å²) in [5.74, 6) is 0.0428. The number of carbonyl (C=O) groups is 1. The molecule has 1 aromatic carbocycles. The van der Waals surface area contributed by atoms with Crippen LogP contribution in [0, 0.1) is 0 Å². The van der Waals surface area contributed by atoms with Crippen LogP contribution in [0.25, 0.3) is 0 Å². The van der Waals surface area contributed by atoms with E-state index < -0.39 is 0 Å². The van der Waals surface area contributed by atoms with E-state index in [1.54, 1.807) is 12.1 Å². The van der Waals surface area contributed by atoms with E-state index in [-0.39, 0.29) is 5.91 Å². The lowest BCUT2D eigenvalue weighted by molar-refractivity contribution is -0.116. The predicted molar refractivity (Wildman–Crippen MR) is 78.6 cm³/mol. The van der Waals surface area contributed by atoms with Crippen LogP contribution in [0.15, 0.2) is 24.3 Å². The van der Waals surface area contributed by atoms with Crippen LogP contribution < -0.4 is 5.32 Å². The van der Waals surface area contributed by atoms with Crippen molar-refractivity contribution in [1.82, 2.24) is 9.80 Å². The van der Waals surface area contributed by atoms with Crippen molar-refractivity contribution in [1.29, 1.82) is 0 Å². The van der Waals surface area contributed by atoms with E-state index in [4.69, 9.17) is 11.6 Å². The molecule has 0 bridgehead atoms. The molecule has 1 fully saturated rings. The number of halogens is 1. The third kappa shape index (κ3) is 4.82. The quantitative estimate of drug-likeness (QED) is 0.916. The summed E-state index contributed by atoms with van der Waals surface area (Å²) in [6.45, 7) is 5.06. The van der Waals surface area contributed by atoms with Crippen molar-refractivity contribution in [2.45, 2.75) is 6.42 Å². The van der Waals surface area contributed by atoms with Gasteiger partial charge in [0.25, 0.3) is 0 Å². The van der Waals surface area contributed by atoms with Crippen LogP contribution in [0.4, 0.5) is 5.69 Å². The zero-order valence-corrected chi connectivity index (χ0v) is 12.0. The van der Waals surface area contributed by atoms with Crippen LogP contribution in [-0.4, -0.2) is 55.5 Å². The fraction of sp³-hybridized carbons (Fsp3) is 0.500. The topological polar surface area (TPSA) is 35.6 Å². The average molecular weight is 282 g/mol. The fourth-order valence-corrected chi connectivity index (χ4v) is 2.31. The van der Waals surface area contributed by atoms with Gasteiger partial charge in [0.05, 0.1) is 0 Å². The zero-order valence-electron chi connectivity index (χ0n) is 11.2. The van der Waals surface area contributed by atoms with Gasteiger partial charge in [0.1, 0.15) is 0 Å². The van der Waals surface area contributed by atoms with Crippen LogP contribution in [0.3, 0.4) is 0 Å². The second-order valence-corrected chi connectivity index (χ2v) is 5.39. The first-order chi connectivity index (χ1) is 9.13. The molecule has 0 aromatic heterocycles. The van der Waals surface area contributed by atoms with Crippen molar-refractivity contribution in [2.75, 3.05) is 45.1 Å². The molecule has 0 saturated carbocycles. The smallest absolute Gasteiger partial charge is 0.225 e. The van der Waals surface area contributed by atoms with Gasteiger partial charge in [-0.05, 0) is 25.2 Å². The summed E-state index contributed by atoms with van der Waals surface area (Å²) in [6.07, 6.45) is 0.524. The number of nitrogens with one attached hydrogen (secondary N) is 1. The summed E-state index contributed by atoms with van der Waals surface area (Å²) < 4.78 is 0. The number of hydrogen-bond acceptors (Lipinski definition) is 3. The van der Waals surface area contributed by atoms with Gasteiger partial charge in [-0.25, -0.2) is 0 Å². The molecule has 1 heterocycles. The van der Waals surface area contributed by atoms with Gasteiger partial charge in [0, 0.05) is 49.9 Å². The molecule has 4 nitrogen and oxygen atoms in total. The summed E-state index contributed by atoms with van der Waals surface area (Å²) >= 11 is 5.88. The largest absolute Gasteiger partial charge is 0.326 e. The molecule has 0 atom stereocenters. The van der Waals surface area contributed by atoms with Gasteiger partial charge in [-0.3, -0.25) is 4.79 Å². The highest BCUT2D eigenvalue weighted by Gasteiger charge is 2.14. The van der Waals surface area contributed by atoms with Crippen LogP contribution >= 0.6 is 11.6 Å². The summed E-state index contributed by atoms with van der Waals surface area (Å²) in [5.41, 5.74) is 0.760.